The quantitative estimate of drug-likeness (QED) is 0.121. The average Bonchev–Trinajstić information content (AvgIpc) is 3.57. The van der Waals surface area contributed by atoms with Gasteiger partial charge in [-0.3, -0.25) is 0 Å². The molecule has 0 aromatic rings. The topological polar surface area (TPSA) is 105 Å². The molecule has 7 saturated carbocycles. The van der Waals surface area contributed by atoms with E-state index in [-0.39, 0.29) is 59.6 Å². The van der Waals surface area contributed by atoms with Gasteiger partial charge in [0.2, 0.25) is 0 Å². The molecule has 8 aliphatic carbocycles. The van der Waals surface area contributed by atoms with Gasteiger partial charge in [-0.25, -0.2) is 0 Å². The first-order chi connectivity index (χ1) is 17.6. The molecule has 18 atom stereocenters. The molecule has 1 aliphatic heterocycles. The molecule has 9 rings (SSSR count). The molecule has 5 nitrogen and oxygen atoms in total. The van der Waals surface area contributed by atoms with Crippen molar-refractivity contribution in [2.45, 2.75) is 123 Å². The summed E-state index contributed by atoms with van der Waals surface area (Å²) in [6, 6.07) is 0.162. The number of hydrogen-bond donors (Lipinski definition) is 4. The van der Waals surface area contributed by atoms with E-state index in [1.807, 2.05) is 0 Å². The summed E-state index contributed by atoms with van der Waals surface area (Å²) in [5, 5.41) is 19.0. The summed E-state index contributed by atoms with van der Waals surface area (Å²) in [6.07, 6.45) is 16.5. The Morgan fingerprint density at radius 3 is 1.55 bits per heavy atom. The molecular weight excluding hydrogens is 591 g/mol. The third kappa shape index (κ3) is 6.36. The molecule has 6 N–H and O–H groups in total. The van der Waals surface area contributed by atoms with Gasteiger partial charge in [0.15, 0.2) is 0 Å². The summed E-state index contributed by atoms with van der Waals surface area (Å²) in [5.74, 6) is 9.54. The van der Waals surface area contributed by atoms with Crippen LogP contribution in [-0.2, 0) is 25.2 Å². The summed E-state index contributed by atoms with van der Waals surface area (Å²) >= 11 is 0. The zero-order chi connectivity index (χ0) is 26.2. The van der Waals surface area contributed by atoms with E-state index < -0.39 is 0 Å². The van der Waals surface area contributed by atoms with Crippen molar-refractivity contribution in [2.75, 3.05) is 0 Å². The summed E-state index contributed by atoms with van der Waals surface area (Å²) in [4.78, 5) is 0. The maximum Gasteiger partial charge on any atom is 0.0875 e. The molecule has 0 aromatic heterocycles. The van der Waals surface area contributed by atoms with Gasteiger partial charge in [-0.2, -0.15) is 0 Å². The van der Waals surface area contributed by atoms with Crippen molar-refractivity contribution < 1.29 is 35.4 Å². The third-order valence-corrected chi connectivity index (χ3v) is 12.7. The first-order valence-electron chi connectivity index (χ1n) is 15.8. The first-order valence-corrected chi connectivity index (χ1v) is 15.8. The number of aliphatic hydroxyl groups excluding tert-OH is 2. The van der Waals surface area contributed by atoms with Crippen molar-refractivity contribution in [3.63, 3.8) is 0 Å². The van der Waals surface area contributed by atoms with E-state index in [2.05, 4.69) is 39.8 Å². The fourth-order valence-electron chi connectivity index (χ4n) is 10.4. The Balaban J connectivity index is 0.000000144. The number of rotatable bonds is 0. The molecule has 6 heteroatoms. The Labute approximate surface area is 259 Å². The number of fused-ring (bicyclic) bond motifs is 11. The number of allylic oxidation sites excluding steroid dienone is 2. The minimum absolute atomic E-state index is 0. The second-order valence-electron chi connectivity index (χ2n) is 15.1. The van der Waals surface area contributed by atoms with Crippen molar-refractivity contribution in [3.8, 4) is 0 Å². The fourth-order valence-corrected chi connectivity index (χ4v) is 10.4. The molecule has 0 amide bonds. The molecular formula is C34H61N2O3Pd-. The molecule has 0 spiro atoms. The Morgan fingerprint density at radius 2 is 1.18 bits per heavy atom. The molecule has 40 heavy (non-hydrogen) atoms. The van der Waals surface area contributed by atoms with Crippen molar-refractivity contribution in [3.05, 3.63) is 19.6 Å². The summed E-state index contributed by atoms with van der Waals surface area (Å²) in [7, 11) is 0. The van der Waals surface area contributed by atoms with Gasteiger partial charge in [0.25, 0.3) is 0 Å². The van der Waals surface area contributed by atoms with Gasteiger partial charge in [-0.15, -0.1) is 0 Å². The van der Waals surface area contributed by atoms with Crippen LogP contribution in [0.4, 0.5) is 0 Å². The molecule has 0 radical (unpaired) electrons. The minimum Gasteiger partial charge on any atom is -0.391 e. The van der Waals surface area contributed by atoms with Gasteiger partial charge < -0.3 is 33.8 Å². The van der Waals surface area contributed by atoms with Gasteiger partial charge in [0, 0.05) is 32.5 Å². The summed E-state index contributed by atoms with van der Waals surface area (Å²) in [6.45, 7) is 9.22. The fraction of sp³-hybridized carbons (Fsp3) is 0.912. The van der Waals surface area contributed by atoms with Crippen LogP contribution in [0, 0.1) is 78.4 Å². The number of epoxide rings is 1. The Kier molecular flexibility index (Phi) is 11.7. The van der Waals surface area contributed by atoms with Crippen LogP contribution in [0.3, 0.4) is 0 Å². The van der Waals surface area contributed by atoms with E-state index in [0.29, 0.717) is 29.6 Å². The van der Waals surface area contributed by atoms with Crippen LogP contribution >= 0.6 is 0 Å². The molecule has 8 bridgehead atoms. The van der Waals surface area contributed by atoms with Gasteiger partial charge in [0.1, 0.15) is 0 Å². The van der Waals surface area contributed by atoms with E-state index in [9.17, 15) is 10.2 Å². The van der Waals surface area contributed by atoms with E-state index >= 15 is 0 Å². The van der Waals surface area contributed by atoms with Crippen molar-refractivity contribution >= 4 is 0 Å². The monoisotopic (exact) mass is 651 g/mol. The van der Waals surface area contributed by atoms with Gasteiger partial charge >= 0.3 is 0 Å². The van der Waals surface area contributed by atoms with Crippen LogP contribution in [-0.4, -0.2) is 46.7 Å². The van der Waals surface area contributed by atoms with Crippen LogP contribution < -0.4 is 11.5 Å². The van der Waals surface area contributed by atoms with Crippen LogP contribution in [0.15, 0.2) is 12.2 Å². The van der Waals surface area contributed by atoms with Crippen LogP contribution in [0.5, 0.6) is 0 Å². The maximum atomic E-state index is 9.53. The number of ether oxygens (including phenoxy) is 1. The zero-order valence-corrected chi connectivity index (χ0v) is 26.5. The zero-order valence-electron chi connectivity index (χ0n) is 25.0. The first kappa shape index (κ1) is 34.7. The number of aliphatic hydroxyl groups is 2. The van der Waals surface area contributed by atoms with Crippen molar-refractivity contribution in [1.29, 1.82) is 0 Å². The van der Waals surface area contributed by atoms with E-state index in [0.717, 1.165) is 53.6 Å². The molecule has 236 valence electrons. The number of hydrogen-bond acceptors (Lipinski definition) is 5. The predicted molar refractivity (Wildman–Crippen MR) is 160 cm³/mol. The van der Waals surface area contributed by atoms with Crippen molar-refractivity contribution in [2.24, 2.45) is 82.5 Å². The van der Waals surface area contributed by atoms with E-state index in [4.69, 9.17) is 16.2 Å². The predicted octanol–water partition coefficient (Wildman–Crippen LogP) is 5.43. The Morgan fingerprint density at radius 1 is 0.600 bits per heavy atom. The number of nitrogens with two attached hydrogens (primary N) is 2. The Hall–Kier alpha value is 0.202. The second kappa shape index (κ2) is 13.5. The van der Waals surface area contributed by atoms with Crippen molar-refractivity contribution in [1.82, 2.24) is 0 Å². The minimum atomic E-state index is -0.200. The van der Waals surface area contributed by atoms with Crippen LogP contribution in [0.2, 0.25) is 0 Å². The molecule has 1 saturated heterocycles. The molecule has 0 aromatic carbocycles. The third-order valence-electron chi connectivity index (χ3n) is 12.7. The molecule has 6 unspecified atom stereocenters. The van der Waals surface area contributed by atoms with Gasteiger partial charge in [0.05, 0.1) is 24.4 Å². The molecule has 8 fully saturated rings. The average molecular weight is 652 g/mol. The maximum absolute atomic E-state index is 9.53. The summed E-state index contributed by atoms with van der Waals surface area (Å²) < 4.78 is 5.51. The van der Waals surface area contributed by atoms with Crippen LogP contribution in [0.1, 0.15) is 86.5 Å². The van der Waals surface area contributed by atoms with Gasteiger partial charge in [-0.1, -0.05) is 47.3 Å². The second-order valence-corrected chi connectivity index (χ2v) is 15.1. The van der Waals surface area contributed by atoms with E-state index in [1.165, 1.54) is 51.4 Å². The largest absolute Gasteiger partial charge is 0.391 e. The standard InChI is InChI=1S/2C8H15NO.C8H12O.C8H12.CH4.CH3.Pd/c1-4-2-5-3-6(4)7(9)8(5)10;1-4-2-5-3-6(4)8(10)7(5)9;1-4-2-5-3-6(4)8-7(5)9-8;1-6-4-7-2-3-8(6)5-7;;;/h2*4-8,10H,2-3,9H2,1H3;4-8H,2-3H2,1H3;2-3,6-8H,4-5H2,1H3;1H4;1H3;/q;;;;;-1;/t3*4-,5-,6-,7?,8?;6-,7-,8-;;;/m0000.../s1. The van der Waals surface area contributed by atoms with E-state index in [1.54, 1.807) is 0 Å². The van der Waals surface area contributed by atoms with Gasteiger partial charge in [-0.05, 0) is 122 Å². The molecule has 1 heterocycles. The normalized spacial score (nSPS) is 55.4. The Bertz CT molecular complexity index is 815. The summed E-state index contributed by atoms with van der Waals surface area (Å²) in [5.41, 5.74) is 11.6. The smallest absolute Gasteiger partial charge is 0.0875 e. The SMILES string of the molecule is C.C[C@H]1C[C@@H]2C=C[C@H]1C2.C[C@H]1C[C@H]2C[C@@H]1C(N)C2O.C[C@H]1C[C@H]2C[C@@H]1C(O)C2N.C[C@H]1C[C@H]2C[C@@H]1C1OC12.[CH3-].[Pd]. The molecule has 9 aliphatic rings. The van der Waals surface area contributed by atoms with Crippen LogP contribution in [0.25, 0.3) is 0 Å².